The fourth-order valence-electron chi connectivity index (χ4n) is 3.44. The van der Waals surface area contributed by atoms with Crippen LogP contribution in [0.15, 0.2) is 0 Å². The van der Waals surface area contributed by atoms with Gasteiger partial charge in [-0.05, 0) is 42.4 Å². The molecular formula is C11H17NOS. The maximum absolute atomic E-state index is 10.5. The number of fused-ring (bicyclic) bond motifs is 2. The summed E-state index contributed by atoms with van der Waals surface area (Å²) in [5, 5.41) is 21.3. The minimum Gasteiger partial charge on any atom is -0.378 e. The van der Waals surface area contributed by atoms with Gasteiger partial charge in [-0.2, -0.15) is 5.26 Å². The van der Waals surface area contributed by atoms with Crippen LogP contribution in [0.2, 0.25) is 0 Å². The zero-order chi connectivity index (χ0) is 10.6. The number of rotatable bonds is 1. The first kappa shape index (κ1) is 10.3. The Labute approximate surface area is 89.7 Å². The van der Waals surface area contributed by atoms with Gasteiger partial charge in [0.05, 0.1) is 0 Å². The number of nitriles is 1. The average Bonchev–Trinajstić information content (AvgIpc) is 2.36. The number of hydrogen-bond acceptors (Lipinski definition) is 3. The second-order valence-electron chi connectivity index (χ2n) is 5.47. The summed E-state index contributed by atoms with van der Waals surface area (Å²) < 4.78 is 0. The van der Waals surface area contributed by atoms with Crippen molar-refractivity contribution in [1.29, 1.82) is 5.26 Å². The Kier molecular flexibility index (Phi) is 1.97. The van der Waals surface area contributed by atoms with Crippen LogP contribution in [0.5, 0.6) is 0 Å². The molecule has 0 radical (unpaired) electrons. The Balaban J connectivity index is 2.41. The van der Waals surface area contributed by atoms with Crippen LogP contribution in [0.25, 0.3) is 0 Å². The fourth-order valence-corrected chi connectivity index (χ4v) is 4.47. The molecule has 3 atom stereocenters. The lowest BCUT2D eigenvalue weighted by Gasteiger charge is -2.43. The van der Waals surface area contributed by atoms with Crippen molar-refractivity contribution in [1.82, 2.24) is 0 Å². The number of thiocyanates is 1. The van der Waals surface area contributed by atoms with E-state index in [0.29, 0.717) is 5.92 Å². The molecule has 14 heavy (non-hydrogen) atoms. The van der Waals surface area contributed by atoms with Gasteiger partial charge in [-0.3, -0.25) is 0 Å². The van der Waals surface area contributed by atoms with Crippen molar-refractivity contribution < 1.29 is 5.11 Å². The molecule has 0 spiro atoms. The first-order chi connectivity index (χ1) is 6.37. The molecule has 2 aliphatic carbocycles. The zero-order valence-corrected chi connectivity index (χ0v) is 9.82. The second kappa shape index (κ2) is 2.68. The monoisotopic (exact) mass is 211 g/mol. The topological polar surface area (TPSA) is 44.0 Å². The van der Waals surface area contributed by atoms with Crippen LogP contribution in [-0.4, -0.2) is 10.0 Å². The highest BCUT2D eigenvalue weighted by molar-refractivity contribution is 8.04. The van der Waals surface area contributed by atoms with Crippen molar-refractivity contribution in [2.45, 2.75) is 45.0 Å². The molecule has 0 aliphatic heterocycles. The van der Waals surface area contributed by atoms with E-state index in [2.05, 4.69) is 26.2 Å². The summed E-state index contributed by atoms with van der Waals surface area (Å²) in [7, 11) is 0. The lowest BCUT2D eigenvalue weighted by atomic mass is 9.69. The highest BCUT2D eigenvalue weighted by Crippen LogP contribution is 2.72. The molecule has 2 saturated carbocycles. The molecule has 2 aliphatic rings. The standard InChI is InChI=1S/C11H17NOS/c1-9(2)8-4-5-10(9,3)11(13,6-8)14-7-12/h8,13H,4-6H2,1-3H3/t8-,10-,11-/m1/s1. The minimum absolute atomic E-state index is 0.0922. The molecule has 2 rings (SSSR count). The molecule has 1 N–H and O–H groups in total. The summed E-state index contributed by atoms with van der Waals surface area (Å²) in [6.45, 7) is 6.62. The molecule has 3 heteroatoms. The van der Waals surface area contributed by atoms with Crippen molar-refractivity contribution in [3.05, 3.63) is 0 Å². The van der Waals surface area contributed by atoms with E-state index in [-0.39, 0.29) is 10.8 Å². The molecule has 0 aromatic rings. The Hall–Kier alpha value is -0.200. The summed E-state index contributed by atoms with van der Waals surface area (Å²) >= 11 is 1.07. The van der Waals surface area contributed by atoms with Gasteiger partial charge in [0.1, 0.15) is 10.3 Å². The smallest absolute Gasteiger partial charge is 0.136 e. The maximum Gasteiger partial charge on any atom is 0.136 e. The highest BCUT2D eigenvalue weighted by atomic mass is 32.2. The number of nitrogens with zero attached hydrogens (tertiary/aromatic N) is 1. The van der Waals surface area contributed by atoms with E-state index in [1.807, 2.05) is 0 Å². The Morgan fingerprint density at radius 2 is 2.07 bits per heavy atom. The lowest BCUT2D eigenvalue weighted by molar-refractivity contribution is -0.0152. The van der Waals surface area contributed by atoms with Gasteiger partial charge in [-0.25, -0.2) is 0 Å². The van der Waals surface area contributed by atoms with Crippen LogP contribution < -0.4 is 0 Å². The van der Waals surface area contributed by atoms with E-state index in [1.165, 1.54) is 6.42 Å². The van der Waals surface area contributed by atoms with Crippen LogP contribution in [0, 0.1) is 27.4 Å². The van der Waals surface area contributed by atoms with E-state index >= 15 is 0 Å². The summed E-state index contributed by atoms with van der Waals surface area (Å²) in [4.78, 5) is -0.811. The average molecular weight is 211 g/mol. The van der Waals surface area contributed by atoms with Crippen molar-refractivity contribution in [3.63, 3.8) is 0 Å². The van der Waals surface area contributed by atoms with Crippen molar-refractivity contribution in [2.75, 3.05) is 0 Å². The predicted octanol–water partition coefficient (Wildman–Crippen LogP) is 2.74. The van der Waals surface area contributed by atoms with Gasteiger partial charge in [-0.15, -0.1) is 0 Å². The molecule has 0 unspecified atom stereocenters. The van der Waals surface area contributed by atoms with Gasteiger partial charge < -0.3 is 5.11 Å². The zero-order valence-electron chi connectivity index (χ0n) is 9.00. The molecule has 0 amide bonds. The van der Waals surface area contributed by atoms with Crippen LogP contribution in [0.1, 0.15) is 40.0 Å². The van der Waals surface area contributed by atoms with Crippen LogP contribution in [-0.2, 0) is 0 Å². The number of thioether (sulfide) groups is 1. The van der Waals surface area contributed by atoms with E-state index in [0.717, 1.165) is 24.6 Å². The molecule has 0 aromatic carbocycles. The van der Waals surface area contributed by atoms with Gasteiger partial charge in [0.25, 0.3) is 0 Å². The van der Waals surface area contributed by atoms with Crippen molar-refractivity contribution in [2.24, 2.45) is 16.7 Å². The normalized spacial score (nSPS) is 49.2. The largest absolute Gasteiger partial charge is 0.378 e. The summed E-state index contributed by atoms with van der Waals surface area (Å²) in [5.41, 5.74) is 0.0800. The second-order valence-corrected chi connectivity index (χ2v) is 6.53. The van der Waals surface area contributed by atoms with Gasteiger partial charge >= 0.3 is 0 Å². The predicted molar refractivity (Wildman–Crippen MR) is 57.4 cm³/mol. The lowest BCUT2D eigenvalue weighted by Crippen LogP contribution is -2.44. The van der Waals surface area contributed by atoms with E-state index in [9.17, 15) is 5.11 Å². The van der Waals surface area contributed by atoms with Gasteiger partial charge in [0.15, 0.2) is 0 Å². The molecule has 0 heterocycles. The Bertz CT molecular complexity index is 309. The molecule has 0 aromatic heterocycles. The Morgan fingerprint density at radius 3 is 2.43 bits per heavy atom. The molecule has 0 saturated heterocycles. The SMILES string of the molecule is CC1(C)[C@@H]2CC[C@@]1(C)[C@](O)(SC#N)C2. The number of hydrogen-bond donors (Lipinski definition) is 1. The van der Waals surface area contributed by atoms with Gasteiger partial charge in [0, 0.05) is 5.41 Å². The van der Waals surface area contributed by atoms with Crippen molar-refractivity contribution in [3.8, 4) is 5.40 Å². The minimum atomic E-state index is -0.811. The van der Waals surface area contributed by atoms with E-state index in [1.54, 1.807) is 0 Å². The van der Waals surface area contributed by atoms with Crippen LogP contribution >= 0.6 is 11.8 Å². The van der Waals surface area contributed by atoms with Crippen molar-refractivity contribution >= 4 is 11.8 Å². The highest BCUT2D eigenvalue weighted by Gasteiger charge is 2.68. The molecule has 2 nitrogen and oxygen atoms in total. The molecular weight excluding hydrogens is 194 g/mol. The summed E-state index contributed by atoms with van der Waals surface area (Å²) in [6.07, 6.45) is 3.04. The third kappa shape index (κ3) is 0.914. The van der Waals surface area contributed by atoms with Gasteiger partial charge in [-0.1, -0.05) is 20.8 Å². The summed E-state index contributed by atoms with van der Waals surface area (Å²) in [6, 6.07) is 0. The molecule has 78 valence electrons. The third-order valence-electron chi connectivity index (χ3n) is 5.04. The van der Waals surface area contributed by atoms with Crippen LogP contribution in [0.3, 0.4) is 0 Å². The third-order valence-corrected chi connectivity index (χ3v) is 6.08. The van der Waals surface area contributed by atoms with E-state index in [4.69, 9.17) is 5.26 Å². The molecule has 2 fully saturated rings. The first-order valence-corrected chi connectivity index (χ1v) is 5.98. The van der Waals surface area contributed by atoms with Crippen LogP contribution in [0.4, 0.5) is 0 Å². The fraction of sp³-hybridized carbons (Fsp3) is 0.909. The number of aliphatic hydroxyl groups is 1. The quantitative estimate of drug-likeness (QED) is 0.536. The molecule has 2 bridgehead atoms. The first-order valence-electron chi connectivity index (χ1n) is 5.17. The Morgan fingerprint density at radius 1 is 1.43 bits per heavy atom. The van der Waals surface area contributed by atoms with Gasteiger partial charge in [0.2, 0.25) is 0 Å². The maximum atomic E-state index is 10.5. The van der Waals surface area contributed by atoms with E-state index < -0.39 is 4.93 Å². The summed E-state index contributed by atoms with van der Waals surface area (Å²) in [5.74, 6) is 0.582.